The first-order valence-corrected chi connectivity index (χ1v) is 11.1. The van der Waals surface area contributed by atoms with E-state index in [1.54, 1.807) is 0 Å². The molecule has 0 unspecified atom stereocenters. The van der Waals surface area contributed by atoms with E-state index in [1.165, 1.54) is 6.20 Å². The van der Waals surface area contributed by atoms with Crippen molar-refractivity contribution in [3.8, 4) is 0 Å². The number of urea groups is 1. The first-order chi connectivity index (χ1) is 17.3. The first-order valence-electron chi connectivity index (χ1n) is 11.1. The number of aromatic carboxylic acids is 2. The number of carboxylic acids is 3. The normalized spacial score (nSPS) is 10.5. The summed E-state index contributed by atoms with van der Waals surface area (Å²) in [4.78, 5) is 53.7. The van der Waals surface area contributed by atoms with Gasteiger partial charge >= 0.3 is 23.9 Å². The minimum absolute atomic E-state index is 0.0183. The summed E-state index contributed by atoms with van der Waals surface area (Å²) in [5, 5.41) is 31.8. The lowest BCUT2D eigenvalue weighted by Gasteiger charge is -2.14. The zero-order valence-electron chi connectivity index (χ0n) is 20.1. The van der Waals surface area contributed by atoms with Gasteiger partial charge in [-0.25, -0.2) is 20.2 Å². The van der Waals surface area contributed by atoms with E-state index in [0.29, 0.717) is 31.5 Å². The molecule has 0 heterocycles. The molecule has 0 aliphatic heterocycles. The number of nitrogens with two attached hydrogens (primary N) is 3. The van der Waals surface area contributed by atoms with Crippen LogP contribution in [0.15, 0.2) is 30.1 Å². The number of allylic oxidation sites excluding steroid dienone is 1. The van der Waals surface area contributed by atoms with Crippen LogP contribution in [-0.2, 0) is 9.59 Å². The second-order valence-electron chi connectivity index (χ2n) is 7.62. The quantitative estimate of drug-likeness (QED) is 0.0906. The zero-order chi connectivity index (χ0) is 28.4. The molecule has 0 radical (unpaired) electrons. The van der Waals surface area contributed by atoms with Crippen molar-refractivity contribution in [3.63, 3.8) is 0 Å². The monoisotopic (exact) mass is 528 g/mol. The number of aliphatic carboxylic acids is 1. The molecule has 1 rings (SSSR count). The summed E-state index contributed by atoms with van der Waals surface area (Å²) in [6.45, 7) is 0.000265. The van der Waals surface area contributed by atoms with Crippen LogP contribution in [0, 0.1) is 0 Å². The predicted octanol–water partition coefficient (Wildman–Crippen LogP) is 1.05. The van der Waals surface area contributed by atoms with Crippen LogP contribution in [0.1, 0.15) is 59.2 Å². The average Bonchev–Trinajstić information content (AvgIpc) is 2.79. The maximum atomic E-state index is 11.9. The molecular formula is C22H33FN6O8. The molecule has 11 N–H and O–H groups in total. The molecule has 15 heteroatoms. The highest BCUT2D eigenvalue weighted by Crippen LogP contribution is 2.15. The van der Waals surface area contributed by atoms with E-state index < -0.39 is 30.6 Å². The van der Waals surface area contributed by atoms with Crippen LogP contribution in [-0.4, -0.2) is 69.9 Å². The smallest absolute Gasteiger partial charge is 0.335 e. The highest BCUT2D eigenvalue weighted by atomic mass is 19.1. The highest BCUT2D eigenvalue weighted by Gasteiger charge is 2.12. The number of unbranched alkanes of at least 4 members (excludes halogenated alkanes) is 2. The largest absolute Gasteiger partial charge is 0.481 e. The second kappa shape index (κ2) is 18.0. The van der Waals surface area contributed by atoms with E-state index in [-0.39, 0.29) is 35.7 Å². The van der Waals surface area contributed by atoms with Crippen LogP contribution < -0.4 is 27.9 Å². The van der Waals surface area contributed by atoms with Gasteiger partial charge in [0.15, 0.2) is 0 Å². The third-order valence-electron chi connectivity index (χ3n) is 4.34. The topological polar surface area (TPSA) is 251 Å². The van der Waals surface area contributed by atoms with Gasteiger partial charge in [0.1, 0.15) is 6.54 Å². The van der Waals surface area contributed by atoms with Gasteiger partial charge < -0.3 is 42.4 Å². The molecule has 1 aromatic carbocycles. The maximum Gasteiger partial charge on any atom is 0.335 e. The number of amides is 3. The second-order valence-corrected chi connectivity index (χ2v) is 7.62. The lowest BCUT2D eigenvalue weighted by Crippen LogP contribution is -2.39. The maximum absolute atomic E-state index is 11.9. The minimum Gasteiger partial charge on any atom is -0.481 e. The Morgan fingerprint density at radius 3 is 1.97 bits per heavy atom. The third kappa shape index (κ3) is 16.8. The van der Waals surface area contributed by atoms with Crippen molar-refractivity contribution < 1.29 is 43.7 Å². The molecule has 0 spiro atoms. The Morgan fingerprint density at radius 2 is 1.49 bits per heavy atom. The van der Waals surface area contributed by atoms with E-state index in [1.807, 2.05) is 0 Å². The van der Waals surface area contributed by atoms with Crippen molar-refractivity contribution >= 4 is 35.5 Å². The molecule has 14 nitrogen and oxygen atoms in total. The van der Waals surface area contributed by atoms with Crippen molar-refractivity contribution in [2.24, 2.45) is 17.3 Å². The number of hydrogen-bond donors (Lipinski definition) is 8. The summed E-state index contributed by atoms with van der Waals surface area (Å²) in [7, 11) is 0. The van der Waals surface area contributed by atoms with Gasteiger partial charge in [0.2, 0.25) is 5.91 Å². The number of alkyl halides is 1. The lowest BCUT2D eigenvalue weighted by molar-refractivity contribution is -0.137. The molecule has 0 aromatic heterocycles. The summed E-state index contributed by atoms with van der Waals surface area (Å²) < 4.78 is 11.9. The Morgan fingerprint density at radius 1 is 0.892 bits per heavy atom. The molecule has 0 aliphatic rings. The minimum atomic E-state index is -1.30. The Labute approximate surface area is 212 Å². The van der Waals surface area contributed by atoms with Gasteiger partial charge in [0, 0.05) is 30.5 Å². The fourth-order valence-corrected chi connectivity index (χ4v) is 2.71. The molecule has 0 saturated heterocycles. The molecular weight excluding hydrogens is 495 g/mol. The van der Waals surface area contributed by atoms with Gasteiger partial charge in [-0.1, -0.05) is 6.42 Å². The van der Waals surface area contributed by atoms with Crippen molar-refractivity contribution in [1.82, 2.24) is 10.3 Å². The van der Waals surface area contributed by atoms with Crippen LogP contribution >= 0.6 is 0 Å². The van der Waals surface area contributed by atoms with Crippen molar-refractivity contribution in [3.05, 3.63) is 41.2 Å². The number of halogens is 1. The summed E-state index contributed by atoms with van der Waals surface area (Å²) in [6.07, 6.45) is 4.36. The number of hydrogen-bond acceptors (Lipinski definition) is 8. The number of carboxylic acid groups (broad SMARTS) is 3. The van der Waals surface area contributed by atoms with Gasteiger partial charge in [0.05, 0.1) is 17.8 Å². The van der Waals surface area contributed by atoms with E-state index in [4.69, 9.17) is 32.6 Å². The standard InChI is InChI=1S/C13H25FN4O3.C9H8N2O5/c14-7-4-5-11(15)9-18(16)10-12(19)17-8-3-1-2-6-13(20)21;10-9(16)11-6-2-4(7(12)13)1-5(3-6)8(14)15/h9H,1-8,10,15-16H2,(H,17,19)(H,20,21);1-3H,(H,12,13)(H,14,15)(H3,10,11,16)/b11-9-;. The average molecular weight is 529 g/mol. The summed E-state index contributed by atoms with van der Waals surface area (Å²) >= 11 is 0. The molecule has 0 aliphatic carbocycles. The number of nitrogens with zero attached hydrogens (tertiary/aromatic N) is 1. The van der Waals surface area contributed by atoms with Crippen LogP contribution in [0.2, 0.25) is 0 Å². The predicted molar refractivity (Wildman–Crippen MR) is 131 cm³/mol. The van der Waals surface area contributed by atoms with Crippen LogP contribution in [0.3, 0.4) is 0 Å². The van der Waals surface area contributed by atoms with E-state index in [9.17, 15) is 28.4 Å². The number of carbonyl (C=O) groups excluding carboxylic acids is 2. The van der Waals surface area contributed by atoms with Crippen molar-refractivity contribution in [2.75, 3.05) is 25.1 Å². The molecule has 206 valence electrons. The van der Waals surface area contributed by atoms with Gasteiger partial charge in [0.25, 0.3) is 0 Å². The van der Waals surface area contributed by atoms with Crippen LogP contribution in [0.5, 0.6) is 0 Å². The third-order valence-corrected chi connectivity index (χ3v) is 4.34. The Hall–Kier alpha value is -4.40. The molecule has 0 fully saturated rings. The summed E-state index contributed by atoms with van der Waals surface area (Å²) in [5.74, 6) is 1.94. The summed E-state index contributed by atoms with van der Waals surface area (Å²) in [5.41, 5.74) is 10.4. The molecule has 3 amide bonds. The number of benzene rings is 1. The molecule has 0 atom stereocenters. The Kier molecular flexibility index (Phi) is 15.8. The zero-order valence-corrected chi connectivity index (χ0v) is 20.1. The first kappa shape index (κ1) is 32.6. The van der Waals surface area contributed by atoms with Gasteiger partial charge in [-0.05, 0) is 43.9 Å². The SMILES string of the molecule is N/C(=C\N(N)CC(=O)NCCCCCC(=O)O)CCCF.NC(=O)Nc1cc(C(=O)O)cc(C(=O)O)c1. The molecule has 0 bridgehead atoms. The number of carbonyl (C=O) groups is 5. The molecule has 0 saturated carbocycles. The van der Waals surface area contributed by atoms with Gasteiger partial charge in [-0.3, -0.25) is 14.0 Å². The Balaban J connectivity index is 0.000000724. The van der Waals surface area contributed by atoms with Gasteiger partial charge in [-0.2, -0.15) is 0 Å². The molecule has 37 heavy (non-hydrogen) atoms. The number of hydrazine groups is 1. The van der Waals surface area contributed by atoms with Crippen LogP contribution in [0.25, 0.3) is 0 Å². The number of rotatable bonds is 15. The number of primary amides is 1. The lowest BCUT2D eigenvalue weighted by atomic mass is 10.1. The fraction of sp³-hybridized carbons (Fsp3) is 0.409. The number of anilines is 1. The van der Waals surface area contributed by atoms with E-state index >= 15 is 0 Å². The van der Waals surface area contributed by atoms with Crippen molar-refractivity contribution in [1.29, 1.82) is 0 Å². The summed E-state index contributed by atoms with van der Waals surface area (Å²) in [6, 6.07) is 2.30. The van der Waals surface area contributed by atoms with Crippen molar-refractivity contribution in [2.45, 2.75) is 38.5 Å². The van der Waals surface area contributed by atoms with E-state index in [0.717, 1.165) is 36.0 Å². The Bertz CT molecular complexity index is 940. The molecule has 1 aromatic rings. The van der Waals surface area contributed by atoms with E-state index in [2.05, 4.69) is 10.6 Å². The highest BCUT2D eigenvalue weighted by molar-refractivity contribution is 5.97. The van der Waals surface area contributed by atoms with Gasteiger partial charge in [-0.15, -0.1) is 0 Å². The van der Waals surface area contributed by atoms with Crippen LogP contribution in [0.4, 0.5) is 14.9 Å². The fourth-order valence-electron chi connectivity index (χ4n) is 2.71. The number of nitrogens with one attached hydrogen (secondary N) is 2.